The van der Waals surface area contributed by atoms with Gasteiger partial charge in [0.15, 0.2) is 0 Å². The van der Waals surface area contributed by atoms with Crippen LogP contribution in [0, 0.1) is 13.8 Å². The van der Waals surface area contributed by atoms with E-state index in [0.717, 1.165) is 31.2 Å². The van der Waals surface area contributed by atoms with Gasteiger partial charge >= 0.3 is 0 Å². The normalized spacial score (nSPS) is 11.3. The number of rotatable bonds is 6. The third-order valence-corrected chi connectivity index (χ3v) is 2.31. The molecule has 1 heterocycles. The van der Waals surface area contributed by atoms with E-state index in [1.54, 1.807) is 0 Å². The van der Waals surface area contributed by atoms with E-state index in [9.17, 15) is 0 Å². The highest BCUT2D eigenvalue weighted by molar-refractivity contribution is 5.19. The van der Waals surface area contributed by atoms with E-state index >= 15 is 0 Å². The highest BCUT2D eigenvalue weighted by atomic mass is 16.3. The third-order valence-electron chi connectivity index (χ3n) is 2.31. The predicted molar refractivity (Wildman–Crippen MR) is 63.0 cm³/mol. The van der Waals surface area contributed by atoms with Crippen LogP contribution in [0.2, 0.25) is 0 Å². The molecule has 0 radical (unpaired) electrons. The van der Waals surface area contributed by atoms with E-state index in [1.165, 1.54) is 5.56 Å². The Morgan fingerprint density at radius 3 is 2.53 bits per heavy atom. The lowest BCUT2D eigenvalue weighted by Crippen LogP contribution is -2.31. The number of hydrogen-bond donors (Lipinski definition) is 2. The summed E-state index contributed by atoms with van der Waals surface area (Å²) in [4.78, 5) is 0. The van der Waals surface area contributed by atoms with E-state index in [4.69, 9.17) is 4.42 Å². The van der Waals surface area contributed by atoms with E-state index in [1.807, 2.05) is 13.8 Å². The van der Waals surface area contributed by atoms with Crippen LogP contribution in [0.4, 0.5) is 0 Å². The summed E-state index contributed by atoms with van der Waals surface area (Å²) in [5.41, 5.74) is 1.26. The van der Waals surface area contributed by atoms with Crippen molar-refractivity contribution in [3.05, 3.63) is 23.2 Å². The van der Waals surface area contributed by atoms with E-state index in [-0.39, 0.29) is 0 Å². The van der Waals surface area contributed by atoms with Crippen molar-refractivity contribution in [2.45, 2.75) is 40.3 Å². The molecule has 0 spiro atoms. The van der Waals surface area contributed by atoms with E-state index in [0.29, 0.717) is 6.04 Å². The highest BCUT2D eigenvalue weighted by Gasteiger charge is 2.03. The van der Waals surface area contributed by atoms with Gasteiger partial charge < -0.3 is 15.1 Å². The largest absolute Gasteiger partial charge is 0.466 e. The van der Waals surface area contributed by atoms with Crippen molar-refractivity contribution in [2.75, 3.05) is 13.1 Å². The molecular formula is C12H22N2O. The molecule has 0 atom stereocenters. The van der Waals surface area contributed by atoms with Gasteiger partial charge in [-0.2, -0.15) is 0 Å². The third kappa shape index (κ3) is 4.49. The lowest BCUT2D eigenvalue weighted by molar-refractivity contribution is 0.497. The quantitative estimate of drug-likeness (QED) is 0.705. The Morgan fingerprint density at radius 1 is 1.27 bits per heavy atom. The van der Waals surface area contributed by atoms with Gasteiger partial charge in [0.2, 0.25) is 0 Å². The summed E-state index contributed by atoms with van der Waals surface area (Å²) in [6.45, 7) is 11.2. The van der Waals surface area contributed by atoms with Crippen molar-refractivity contribution in [3.8, 4) is 0 Å². The van der Waals surface area contributed by atoms with Gasteiger partial charge in [-0.05, 0) is 19.9 Å². The van der Waals surface area contributed by atoms with Gasteiger partial charge in [-0.15, -0.1) is 0 Å². The fraction of sp³-hybridized carbons (Fsp3) is 0.667. The molecular weight excluding hydrogens is 188 g/mol. The molecule has 1 aromatic heterocycles. The molecule has 0 unspecified atom stereocenters. The zero-order valence-electron chi connectivity index (χ0n) is 10.2. The van der Waals surface area contributed by atoms with Crippen LogP contribution in [0.5, 0.6) is 0 Å². The van der Waals surface area contributed by atoms with Crippen LogP contribution in [-0.2, 0) is 6.54 Å². The lowest BCUT2D eigenvalue weighted by Gasteiger charge is -2.08. The SMILES string of the molecule is Cc1cc(CNCCNC(C)C)c(C)o1. The zero-order valence-corrected chi connectivity index (χ0v) is 10.2. The first kappa shape index (κ1) is 12.3. The summed E-state index contributed by atoms with van der Waals surface area (Å²) in [5.74, 6) is 2.02. The Balaban J connectivity index is 2.17. The standard InChI is InChI=1S/C12H22N2O/c1-9(2)14-6-5-13-8-12-7-10(3)15-11(12)4/h7,9,13-14H,5-6,8H2,1-4H3. The Kier molecular flexibility index (Phi) is 4.85. The van der Waals surface area contributed by atoms with Crippen LogP contribution in [0.3, 0.4) is 0 Å². The van der Waals surface area contributed by atoms with Gasteiger partial charge in [-0.1, -0.05) is 13.8 Å². The molecule has 0 aliphatic heterocycles. The summed E-state index contributed by atoms with van der Waals surface area (Å²) in [6.07, 6.45) is 0. The van der Waals surface area contributed by atoms with Crippen molar-refractivity contribution < 1.29 is 4.42 Å². The molecule has 0 fully saturated rings. The molecule has 86 valence electrons. The maximum atomic E-state index is 5.45. The summed E-state index contributed by atoms with van der Waals surface area (Å²) >= 11 is 0. The highest BCUT2D eigenvalue weighted by Crippen LogP contribution is 2.12. The maximum Gasteiger partial charge on any atom is 0.105 e. The predicted octanol–water partition coefficient (Wildman–Crippen LogP) is 1.98. The minimum Gasteiger partial charge on any atom is -0.466 e. The molecule has 3 heteroatoms. The molecule has 2 N–H and O–H groups in total. The van der Waals surface area contributed by atoms with Gasteiger partial charge in [0.25, 0.3) is 0 Å². The summed E-state index contributed by atoms with van der Waals surface area (Å²) < 4.78 is 5.45. The van der Waals surface area contributed by atoms with E-state index < -0.39 is 0 Å². The molecule has 1 rings (SSSR count). The summed E-state index contributed by atoms with van der Waals surface area (Å²) in [6, 6.07) is 2.66. The molecule has 3 nitrogen and oxygen atoms in total. The van der Waals surface area contributed by atoms with Crippen LogP contribution in [-0.4, -0.2) is 19.1 Å². The Labute approximate surface area is 92.2 Å². The van der Waals surface area contributed by atoms with Crippen LogP contribution in [0.1, 0.15) is 30.9 Å². The van der Waals surface area contributed by atoms with E-state index in [2.05, 4.69) is 30.5 Å². The monoisotopic (exact) mass is 210 g/mol. The molecule has 0 amide bonds. The minimum atomic E-state index is 0.560. The van der Waals surface area contributed by atoms with Gasteiger partial charge in [0, 0.05) is 31.2 Å². The first-order valence-corrected chi connectivity index (χ1v) is 5.59. The van der Waals surface area contributed by atoms with Crippen LogP contribution < -0.4 is 10.6 Å². The first-order chi connectivity index (χ1) is 7.09. The Morgan fingerprint density at radius 2 is 2.00 bits per heavy atom. The minimum absolute atomic E-state index is 0.560. The summed E-state index contributed by atoms with van der Waals surface area (Å²) in [5, 5.41) is 6.75. The number of nitrogens with one attached hydrogen (secondary N) is 2. The van der Waals surface area contributed by atoms with Crippen LogP contribution >= 0.6 is 0 Å². The fourth-order valence-electron chi connectivity index (χ4n) is 1.53. The van der Waals surface area contributed by atoms with Gasteiger partial charge in [0.05, 0.1) is 0 Å². The zero-order chi connectivity index (χ0) is 11.3. The van der Waals surface area contributed by atoms with Crippen molar-refractivity contribution in [3.63, 3.8) is 0 Å². The van der Waals surface area contributed by atoms with Crippen molar-refractivity contribution in [2.24, 2.45) is 0 Å². The molecule has 0 aromatic carbocycles. The van der Waals surface area contributed by atoms with Gasteiger partial charge in [0.1, 0.15) is 11.5 Å². The van der Waals surface area contributed by atoms with Crippen molar-refractivity contribution >= 4 is 0 Å². The summed E-state index contributed by atoms with van der Waals surface area (Å²) in [7, 11) is 0. The van der Waals surface area contributed by atoms with Crippen molar-refractivity contribution in [1.29, 1.82) is 0 Å². The second-order valence-electron chi connectivity index (χ2n) is 4.22. The molecule has 0 saturated carbocycles. The molecule has 0 bridgehead atoms. The Bertz CT molecular complexity index is 292. The number of furan rings is 1. The molecule has 0 aliphatic rings. The van der Waals surface area contributed by atoms with Crippen molar-refractivity contribution in [1.82, 2.24) is 10.6 Å². The molecule has 0 aliphatic carbocycles. The maximum absolute atomic E-state index is 5.45. The molecule has 15 heavy (non-hydrogen) atoms. The lowest BCUT2D eigenvalue weighted by atomic mass is 10.2. The average Bonchev–Trinajstić information content (AvgIpc) is 2.44. The smallest absolute Gasteiger partial charge is 0.105 e. The number of aryl methyl sites for hydroxylation is 2. The van der Waals surface area contributed by atoms with Crippen LogP contribution in [0.25, 0.3) is 0 Å². The topological polar surface area (TPSA) is 37.2 Å². The number of hydrogen-bond acceptors (Lipinski definition) is 3. The average molecular weight is 210 g/mol. The first-order valence-electron chi connectivity index (χ1n) is 5.59. The van der Waals surface area contributed by atoms with Crippen LogP contribution in [0.15, 0.2) is 10.5 Å². The molecule has 1 aromatic rings. The van der Waals surface area contributed by atoms with Gasteiger partial charge in [-0.25, -0.2) is 0 Å². The van der Waals surface area contributed by atoms with Gasteiger partial charge in [-0.3, -0.25) is 0 Å². The second kappa shape index (κ2) is 5.93. The molecule has 0 saturated heterocycles. The second-order valence-corrected chi connectivity index (χ2v) is 4.22. The Hall–Kier alpha value is -0.800. The fourth-order valence-corrected chi connectivity index (χ4v) is 1.53.